The van der Waals surface area contributed by atoms with E-state index in [1.165, 1.54) is 5.56 Å². The Morgan fingerprint density at radius 1 is 1.28 bits per heavy atom. The van der Waals surface area contributed by atoms with E-state index >= 15 is 0 Å². The maximum Gasteiger partial charge on any atom is 0.225 e. The molecular weight excluding hydrogens is 224 g/mol. The summed E-state index contributed by atoms with van der Waals surface area (Å²) in [6.07, 6.45) is 0.740. The van der Waals surface area contributed by atoms with Gasteiger partial charge in [-0.2, -0.15) is 0 Å². The smallest absolute Gasteiger partial charge is 0.225 e. The van der Waals surface area contributed by atoms with Crippen molar-refractivity contribution in [3.05, 3.63) is 35.4 Å². The molecule has 1 amide bonds. The summed E-state index contributed by atoms with van der Waals surface area (Å²) >= 11 is 0. The summed E-state index contributed by atoms with van der Waals surface area (Å²) in [4.78, 5) is 14.0. The van der Waals surface area contributed by atoms with Gasteiger partial charge in [0.1, 0.15) is 0 Å². The first-order valence-electron chi connectivity index (χ1n) is 6.50. The van der Waals surface area contributed by atoms with E-state index in [-0.39, 0.29) is 17.9 Å². The fourth-order valence-corrected chi connectivity index (χ4v) is 1.98. The van der Waals surface area contributed by atoms with Gasteiger partial charge in [0.05, 0.1) is 6.04 Å². The van der Waals surface area contributed by atoms with Crippen molar-refractivity contribution < 1.29 is 4.79 Å². The maximum atomic E-state index is 12.2. The van der Waals surface area contributed by atoms with E-state index in [0.29, 0.717) is 6.54 Å². The van der Waals surface area contributed by atoms with Crippen molar-refractivity contribution in [3.8, 4) is 0 Å². The maximum absolute atomic E-state index is 12.2. The molecule has 0 aliphatic rings. The standard InChI is InChI=1S/C15H24N2O/c1-11-5-7-14(8-6-11)13(3)17(4)15(18)12(2)9-10-16/h5-8,12-13H,9-10,16H2,1-4H3. The molecule has 1 aromatic rings. The number of carbonyl (C=O) groups is 1. The molecule has 0 saturated heterocycles. The Balaban J connectivity index is 2.74. The lowest BCUT2D eigenvalue weighted by molar-refractivity contribution is -0.135. The highest BCUT2D eigenvalue weighted by atomic mass is 16.2. The molecule has 0 heterocycles. The van der Waals surface area contributed by atoms with Gasteiger partial charge < -0.3 is 10.6 Å². The van der Waals surface area contributed by atoms with Crippen LogP contribution < -0.4 is 5.73 Å². The minimum absolute atomic E-state index is 0.00658. The number of rotatable bonds is 5. The van der Waals surface area contributed by atoms with Gasteiger partial charge in [0.15, 0.2) is 0 Å². The Kier molecular flexibility index (Phi) is 5.35. The molecular formula is C15H24N2O. The van der Waals surface area contributed by atoms with E-state index in [1.54, 1.807) is 0 Å². The van der Waals surface area contributed by atoms with E-state index in [2.05, 4.69) is 38.1 Å². The second kappa shape index (κ2) is 6.55. The van der Waals surface area contributed by atoms with Crippen molar-refractivity contribution in [2.45, 2.75) is 33.2 Å². The number of nitrogens with zero attached hydrogens (tertiary/aromatic N) is 1. The molecule has 0 aromatic heterocycles. The van der Waals surface area contributed by atoms with E-state index < -0.39 is 0 Å². The van der Waals surface area contributed by atoms with Crippen LogP contribution in [0.3, 0.4) is 0 Å². The van der Waals surface area contributed by atoms with Crippen molar-refractivity contribution in [1.29, 1.82) is 0 Å². The van der Waals surface area contributed by atoms with Crippen LogP contribution >= 0.6 is 0 Å². The van der Waals surface area contributed by atoms with Crippen LogP contribution in [0.2, 0.25) is 0 Å². The summed E-state index contributed by atoms with van der Waals surface area (Å²) in [6, 6.07) is 8.41. The highest BCUT2D eigenvalue weighted by Gasteiger charge is 2.21. The zero-order chi connectivity index (χ0) is 13.7. The average Bonchev–Trinajstić information content (AvgIpc) is 2.37. The fourth-order valence-electron chi connectivity index (χ4n) is 1.98. The van der Waals surface area contributed by atoms with Gasteiger partial charge in [0, 0.05) is 13.0 Å². The molecule has 18 heavy (non-hydrogen) atoms. The topological polar surface area (TPSA) is 46.3 Å². The minimum atomic E-state index is -0.00658. The summed E-state index contributed by atoms with van der Waals surface area (Å²) < 4.78 is 0. The van der Waals surface area contributed by atoms with Crippen LogP contribution in [-0.2, 0) is 4.79 Å². The first-order chi connectivity index (χ1) is 8.47. The molecule has 2 atom stereocenters. The summed E-state index contributed by atoms with van der Waals surface area (Å²) in [7, 11) is 1.86. The van der Waals surface area contributed by atoms with Gasteiger partial charge in [-0.1, -0.05) is 36.8 Å². The van der Waals surface area contributed by atoms with E-state index in [4.69, 9.17) is 5.73 Å². The molecule has 3 nitrogen and oxygen atoms in total. The molecule has 0 spiro atoms. The number of hydrogen-bond donors (Lipinski definition) is 1. The molecule has 100 valence electrons. The van der Waals surface area contributed by atoms with Crippen LogP contribution in [0.1, 0.15) is 37.4 Å². The average molecular weight is 248 g/mol. The molecule has 0 bridgehead atoms. The predicted octanol–water partition coefficient (Wildman–Crippen LogP) is 2.50. The second-order valence-electron chi connectivity index (χ2n) is 5.01. The molecule has 2 N–H and O–H groups in total. The summed E-state index contributed by atoms with van der Waals surface area (Å²) in [5.41, 5.74) is 7.90. The molecule has 0 saturated carbocycles. The zero-order valence-corrected chi connectivity index (χ0v) is 11.8. The number of carbonyl (C=O) groups excluding carboxylic acids is 1. The van der Waals surface area contributed by atoms with Gasteiger partial charge in [-0.15, -0.1) is 0 Å². The van der Waals surface area contributed by atoms with Gasteiger partial charge in [0.2, 0.25) is 5.91 Å². The van der Waals surface area contributed by atoms with Crippen molar-refractivity contribution in [2.75, 3.05) is 13.6 Å². The molecule has 2 unspecified atom stereocenters. The van der Waals surface area contributed by atoms with Crippen molar-refractivity contribution in [3.63, 3.8) is 0 Å². The molecule has 0 aliphatic heterocycles. The van der Waals surface area contributed by atoms with Crippen molar-refractivity contribution >= 4 is 5.91 Å². The largest absolute Gasteiger partial charge is 0.339 e. The Morgan fingerprint density at radius 3 is 2.33 bits per heavy atom. The summed E-state index contributed by atoms with van der Waals surface area (Å²) in [5, 5.41) is 0. The van der Waals surface area contributed by atoms with Crippen molar-refractivity contribution in [2.24, 2.45) is 11.7 Å². The Bertz CT molecular complexity index is 386. The first kappa shape index (κ1) is 14.7. The van der Waals surface area contributed by atoms with E-state index in [9.17, 15) is 4.79 Å². The molecule has 0 fully saturated rings. The van der Waals surface area contributed by atoms with Crippen LogP contribution in [0.4, 0.5) is 0 Å². The Hall–Kier alpha value is -1.35. The van der Waals surface area contributed by atoms with Gasteiger partial charge in [-0.3, -0.25) is 4.79 Å². The van der Waals surface area contributed by atoms with Crippen LogP contribution in [0.5, 0.6) is 0 Å². The molecule has 3 heteroatoms. The normalized spacial score (nSPS) is 14.1. The van der Waals surface area contributed by atoms with Gasteiger partial charge >= 0.3 is 0 Å². The quantitative estimate of drug-likeness (QED) is 0.870. The lowest BCUT2D eigenvalue weighted by Gasteiger charge is -2.28. The van der Waals surface area contributed by atoms with Crippen molar-refractivity contribution in [1.82, 2.24) is 4.90 Å². The van der Waals surface area contributed by atoms with Gasteiger partial charge in [0.25, 0.3) is 0 Å². The van der Waals surface area contributed by atoms with Crippen LogP contribution in [0.25, 0.3) is 0 Å². The third-order valence-electron chi connectivity index (χ3n) is 3.51. The lowest BCUT2D eigenvalue weighted by Crippen LogP contribution is -2.34. The Morgan fingerprint density at radius 2 is 1.83 bits per heavy atom. The number of hydrogen-bond acceptors (Lipinski definition) is 2. The monoisotopic (exact) mass is 248 g/mol. The number of nitrogens with two attached hydrogens (primary N) is 1. The van der Waals surface area contributed by atoms with Gasteiger partial charge in [-0.25, -0.2) is 0 Å². The third-order valence-corrected chi connectivity index (χ3v) is 3.51. The summed E-state index contributed by atoms with van der Waals surface area (Å²) in [6.45, 7) is 6.61. The van der Waals surface area contributed by atoms with Crippen LogP contribution in [-0.4, -0.2) is 24.4 Å². The lowest BCUT2D eigenvalue weighted by atomic mass is 10.0. The van der Waals surface area contributed by atoms with Crippen LogP contribution in [0.15, 0.2) is 24.3 Å². The van der Waals surface area contributed by atoms with Gasteiger partial charge in [-0.05, 0) is 32.4 Å². The summed E-state index contributed by atoms with van der Waals surface area (Å²) in [5.74, 6) is 0.154. The first-order valence-corrected chi connectivity index (χ1v) is 6.50. The highest BCUT2D eigenvalue weighted by Crippen LogP contribution is 2.21. The SMILES string of the molecule is Cc1ccc(C(C)N(C)C(=O)C(C)CCN)cc1. The number of benzene rings is 1. The molecule has 1 aromatic carbocycles. The van der Waals surface area contributed by atoms with Crippen LogP contribution in [0, 0.1) is 12.8 Å². The highest BCUT2D eigenvalue weighted by molar-refractivity contribution is 5.78. The molecule has 1 rings (SSSR count). The third kappa shape index (κ3) is 3.57. The minimum Gasteiger partial charge on any atom is -0.339 e. The predicted molar refractivity (Wildman–Crippen MR) is 75.2 cm³/mol. The number of amides is 1. The fraction of sp³-hybridized carbons (Fsp3) is 0.533. The van der Waals surface area contributed by atoms with E-state index in [0.717, 1.165) is 12.0 Å². The number of aryl methyl sites for hydroxylation is 1. The van der Waals surface area contributed by atoms with E-state index in [1.807, 2.05) is 18.9 Å². The second-order valence-corrected chi connectivity index (χ2v) is 5.01. The molecule has 0 aliphatic carbocycles. The Labute approximate surface area is 110 Å². The zero-order valence-electron chi connectivity index (χ0n) is 11.8. The molecule has 0 radical (unpaired) electrons.